The van der Waals surface area contributed by atoms with Gasteiger partial charge >= 0.3 is 6.03 Å². The van der Waals surface area contributed by atoms with Crippen molar-refractivity contribution < 1.29 is 9.53 Å². The van der Waals surface area contributed by atoms with E-state index < -0.39 is 0 Å². The minimum absolute atomic E-state index is 0.0195. The predicted octanol–water partition coefficient (Wildman–Crippen LogP) is 1.25. The monoisotopic (exact) mass is 333 g/mol. The van der Waals surface area contributed by atoms with Crippen LogP contribution in [0.25, 0.3) is 0 Å². The van der Waals surface area contributed by atoms with Crippen LogP contribution in [0, 0.1) is 5.92 Å². The minimum atomic E-state index is 0.0195. The maximum Gasteiger partial charge on any atom is 0.317 e. The van der Waals surface area contributed by atoms with Crippen LogP contribution in [-0.4, -0.2) is 67.1 Å². The summed E-state index contributed by atoms with van der Waals surface area (Å²) in [5.74, 6) is 1.39. The molecule has 2 saturated heterocycles. The van der Waals surface area contributed by atoms with Crippen LogP contribution in [0.5, 0.6) is 0 Å². The van der Waals surface area contributed by atoms with Gasteiger partial charge in [0.2, 0.25) is 0 Å². The fourth-order valence-electron chi connectivity index (χ4n) is 2.89. The van der Waals surface area contributed by atoms with E-state index in [1.165, 1.54) is 0 Å². The molecule has 0 atom stereocenters. The zero-order chi connectivity index (χ0) is 17.2. The molecule has 2 aliphatic rings. The summed E-state index contributed by atoms with van der Waals surface area (Å²) < 4.78 is 5.26. The molecule has 0 bridgehead atoms. The smallest absolute Gasteiger partial charge is 0.317 e. The Labute approximate surface area is 143 Å². The molecule has 7 nitrogen and oxygen atoms in total. The van der Waals surface area contributed by atoms with Gasteiger partial charge in [-0.15, -0.1) is 5.10 Å². The van der Waals surface area contributed by atoms with Crippen LogP contribution in [-0.2, 0) is 10.2 Å². The highest BCUT2D eigenvalue weighted by molar-refractivity contribution is 5.74. The summed E-state index contributed by atoms with van der Waals surface area (Å²) in [6, 6.07) is 4.11. The first kappa shape index (κ1) is 17.0. The lowest BCUT2D eigenvalue weighted by Crippen LogP contribution is -2.54. The van der Waals surface area contributed by atoms with Gasteiger partial charge in [-0.1, -0.05) is 20.8 Å². The molecule has 2 aliphatic heterocycles. The standard InChI is InChI=1S/C17H27N5O2/c1-17(2,3)14-4-5-15(20-19-14)22-11-13(12-22)10-18-16(23)21-6-8-24-9-7-21/h4-5,13H,6-12H2,1-3H3,(H,18,23). The van der Waals surface area contributed by atoms with Crippen LogP contribution < -0.4 is 10.2 Å². The highest BCUT2D eigenvalue weighted by Gasteiger charge is 2.29. The molecule has 132 valence electrons. The average molecular weight is 333 g/mol. The van der Waals surface area contributed by atoms with Gasteiger partial charge < -0.3 is 19.9 Å². The maximum absolute atomic E-state index is 12.0. The maximum atomic E-state index is 12.0. The summed E-state index contributed by atoms with van der Waals surface area (Å²) in [5, 5.41) is 11.7. The van der Waals surface area contributed by atoms with Crippen LogP contribution >= 0.6 is 0 Å². The summed E-state index contributed by atoms with van der Waals surface area (Å²) in [6.45, 7) is 11.5. The lowest BCUT2D eigenvalue weighted by atomic mass is 9.92. The molecule has 0 aliphatic carbocycles. The van der Waals surface area contributed by atoms with Crippen LogP contribution in [0.4, 0.5) is 10.6 Å². The molecular formula is C17H27N5O2. The first-order valence-electron chi connectivity index (χ1n) is 8.63. The van der Waals surface area contributed by atoms with Crippen molar-refractivity contribution in [1.29, 1.82) is 0 Å². The number of amides is 2. The Balaban J connectivity index is 1.41. The summed E-state index contributed by atoms with van der Waals surface area (Å²) in [5.41, 5.74) is 1.02. The first-order valence-corrected chi connectivity index (χ1v) is 8.63. The fourth-order valence-corrected chi connectivity index (χ4v) is 2.89. The van der Waals surface area contributed by atoms with Crippen molar-refractivity contribution in [3.05, 3.63) is 17.8 Å². The SMILES string of the molecule is CC(C)(C)c1ccc(N2CC(CNC(=O)N3CCOCC3)C2)nn1. The summed E-state index contributed by atoms with van der Waals surface area (Å²) >= 11 is 0. The van der Waals surface area contributed by atoms with E-state index in [-0.39, 0.29) is 11.4 Å². The number of nitrogens with one attached hydrogen (secondary N) is 1. The second-order valence-electron chi connectivity index (χ2n) is 7.58. The molecule has 0 spiro atoms. The predicted molar refractivity (Wildman–Crippen MR) is 92.2 cm³/mol. The summed E-state index contributed by atoms with van der Waals surface area (Å²) in [4.78, 5) is 16.1. The van der Waals surface area contributed by atoms with Gasteiger partial charge in [0, 0.05) is 44.1 Å². The molecule has 2 amide bonds. The molecule has 0 aromatic carbocycles. The number of carbonyl (C=O) groups excluding carboxylic acids is 1. The Bertz CT molecular complexity index is 557. The van der Waals surface area contributed by atoms with E-state index in [1.54, 1.807) is 0 Å². The Morgan fingerprint density at radius 3 is 2.54 bits per heavy atom. The topological polar surface area (TPSA) is 70.6 Å². The zero-order valence-corrected chi connectivity index (χ0v) is 14.8. The summed E-state index contributed by atoms with van der Waals surface area (Å²) in [6.07, 6.45) is 0. The van der Waals surface area contributed by atoms with Gasteiger partial charge in [0.05, 0.1) is 18.9 Å². The number of rotatable bonds is 3. The average Bonchev–Trinajstić information content (AvgIpc) is 2.53. The highest BCUT2D eigenvalue weighted by atomic mass is 16.5. The van der Waals surface area contributed by atoms with Crippen molar-refractivity contribution in [2.45, 2.75) is 26.2 Å². The molecule has 0 unspecified atom stereocenters. The number of hydrogen-bond donors (Lipinski definition) is 1. The quantitative estimate of drug-likeness (QED) is 0.901. The number of morpholine rings is 1. The molecule has 7 heteroatoms. The van der Waals surface area contributed by atoms with E-state index in [9.17, 15) is 4.79 Å². The molecule has 1 aromatic rings. The molecule has 2 fully saturated rings. The number of urea groups is 1. The van der Waals surface area contributed by atoms with Gasteiger partial charge in [-0.2, -0.15) is 5.10 Å². The van der Waals surface area contributed by atoms with Crippen molar-refractivity contribution in [3.63, 3.8) is 0 Å². The Morgan fingerprint density at radius 1 is 1.25 bits per heavy atom. The van der Waals surface area contributed by atoms with Crippen LogP contribution in [0.3, 0.4) is 0 Å². The minimum Gasteiger partial charge on any atom is -0.378 e. The number of aromatic nitrogens is 2. The van der Waals surface area contributed by atoms with Gasteiger partial charge in [-0.3, -0.25) is 0 Å². The molecule has 0 saturated carbocycles. The van der Waals surface area contributed by atoms with E-state index in [0.717, 1.165) is 24.6 Å². The fraction of sp³-hybridized carbons (Fsp3) is 0.706. The Hall–Kier alpha value is -1.89. The van der Waals surface area contributed by atoms with Gasteiger partial charge in [-0.05, 0) is 12.1 Å². The second kappa shape index (κ2) is 6.93. The number of hydrogen-bond acceptors (Lipinski definition) is 5. The second-order valence-corrected chi connectivity index (χ2v) is 7.58. The number of anilines is 1. The largest absolute Gasteiger partial charge is 0.378 e. The Kier molecular flexibility index (Phi) is 4.89. The number of nitrogens with zero attached hydrogens (tertiary/aromatic N) is 4. The zero-order valence-electron chi connectivity index (χ0n) is 14.8. The molecule has 0 radical (unpaired) electrons. The van der Waals surface area contributed by atoms with Gasteiger partial charge in [0.25, 0.3) is 0 Å². The molecular weight excluding hydrogens is 306 g/mol. The van der Waals surface area contributed by atoms with E-state index in [4.69, 9.17) is 4.74 Å². The molecule has 24 heavy (non-hydrogen) atoms. The van der Waals surface area contributed by atoms with Crippen LogP contribution in [0.15, 0.2) is 12.1 Å². The van der Waals surface area contributed by atoms with Crippen LogP contribution in [0.2, 0.25) is 0 Å². The van der Waals surface area contributed by atoms with Crippen molar-refractivity contribution in [1.82, 2.24) is 20.4 Å². The lowest BCUT2D eigenvalue weighted by Gasteiger charge is -2.40. The molecule has 1 N–H and O–H groups in total. The molecule has 3 heterocycles. The number of ether oxygens (including phenoxy) is 1. The van der Waals surface area contributed by atoms with E-state index in [1.807, 2.05) is 11.0 Å². The van der Waals surface area contributed by atoms with Crippen molar-refractivity contribution >= 4 is 11.8 Å². The highest BCUT2D eigenvalue weighted by Crippen LogP contribution is 2.24. The summed E-state index contributed by atoms with van der Waals surface area (Å²) in [7, 11) is 0. The Morgan fingerprint density at radius 2 is 1.96 bits per heavy atom. The normalized spacial score (nSPS) is 19.1. The molecule has 3 rings (SSSR count). The third kappa shape index (κ3) is 3.95. The van der Waals surface area contributed by atoms with Crippen molar-refractivity contribution in [3.8, 4) is 0 Å². The van der Waals surface area contributed by atoms with Crippen LogP contribution in [0.1, 0.15) is 26.5 Å². The third-order valence-corrected chi connectivity index (χ3v) is 4.54. The first-order chi connectivity index (χ1) is 11.4. The van der Waals surface area contributed by atoms with E-state index in [0.29, 0.717) is 38.8 Å². The van der Waals surface area contributed by atoms with Crippen molar-refractivity contribution in [2.75, 3.05) is 50.8 Å². The van der Waals surface area contributed by atoms with E-state index >= 15 is 0 Å². The van der Waals surface area contributed by atoms with Gasteiger partial charge in [0.15, 0.2) is 5.82 Å². The van der Waals surface area contributed by atoms with Gasteiger partial charge in [-0.25, -0.2) is 4.79 Å². The third-order valence-electron chi connectivity index (χ3n) is 4.54. The number of carbonyl (C=O) groups is 1. The van der Waals surface area contributed by atoms with Crippen molar-refractivity contribution in [2.24, 2.45) is 5.92 Å². The lowest BCUT2D eigenvalue weighted by molar-refractivity contribution is 0.0529. The van der Waals surface area contributed by atoms with E-state index in [2.05, 4.69) is 47.3 Å². The van der Waals surface area contributed by atoms with Gasteiger partial charge in [0.1, 0.15) is 0 Å². The molecule has 1 aromatic heterocycles.